The molecule has 1 aliphatic rings. The normalized spacial score (nSPS) is 21.3. The summed E-state index contributed by atoms with van der Waals surface area (Å²) in [5, 5.41) is 8.57. The molecule has 0 radical (unpaired) electrons. The van der Waals surface area contributed by atoms with E-state index in [9.17, 15) is 0 Å². The first kappa shape index (κ1) is 8.37. The highest BCUT2D eigenvalue weighted by atomic mass is 32.2. The first-order chi connectivity index (χ1) is 4.93. The Morgan fingerprint density at radius 3 is 2.60 bits per heavy atom. The van der Waals surface area contributed by atoms with Crippen LogP contribution in [-0.4, -0.2) is 47.8 Å². The van der Waals surface area contributed by atoms with Crippen molar-refractivity contribution in [3.05, 3.63) is 0 Å². The molecule has 1 rings (SSSR count). The van der Waals surface area contributed by atoms with Gasteiger partial charge in [-0.3, -0.25) is 0 Å². The van der Waals surface area contributed by atoms with Crippen LogP contribution in [0.3, 0.4) is 0 Å². The Labute approximate surface area is 66.6 Å². The summed E-state index contributed by atoms with van der Waals surface area (Å²) in [4.78, 5) is 2.42. The number of hydrogen-bond acceptors (Lipinski definition) is 3. The van der Waals surface area contributed by atoms with Gasteiger partial charge in [0.15, 0.2) is 0 Å². The van der Waals surface area contributed by atoms with E-state index < -0.39 is 0 Å². The molecule has 3 heteroatoms. The Bertz CT molecular complexity index is 83.7. The Kier molecular flexibility index (Phi) is 4.18. The molecule has 10 heavy (non-hydrogen) atoms. The molecule has 0 unspecified atom stereocenters. The third-order valence-corrected chi connectivity index (χ3v) is 2.68. The van der Waals surface area contributed by atoms with Crippen LogP contribution in [0.4, 0.5) is 0 Å². The van der Waals surface area contributed by atoms with Crippen molar-refractivity contribution in [1.29, 1.82) is 0 Å². The molecular weight excluding hydrogens is 146 g/mol. The molecule has 1 saturated heterocycles. The van der Waals surface area contributed by atoms with Crippen molar-refractivity contribution in [3.8, 4) is 0 Å². The molecule has 0 amide bonds. The zero-order valence-corrected chi connectivity index (χ0v) is 7.07. The van der Waals surface area contributed by atoms with Crippen LogP contribution in [0, 0.1) is 0 Å². The smallest absolute Gasteiger partial charge is 0.0443 e. The highest BCUT2D eigenvalue weighted by Gasteiger charge is 2.08. The van der Waals surface area contributed by atoms with Gasteiger partial charge in [-0.05, 0) is 6.42 Å². The fourth-order valence-electron chi connectivity index (χ4n) is 1.12. The van der Waals surface area contributed by atoms with Gasteiger partial charge in [-0.2, -0.15) is 11.8 Å². The van der Waals surface area contributed by atoms with Gasteiger partial charge in [-0.15, -0.1) is 0 Å². The quantitative estimate of drug-likeness (QED) is 0.649. The van der Waals surface area contributed by atoms with E-state index in [2.05, 4.69) is 4.90 Å². The second-order valence-electron chi connectivity index (χ2n) is 2.53. The molecule has 0 atom stereocenters. The lowest BCUT2D eigenvalue weighted by Gasteiger charge is -2.25. The van der Waals surface area contributed by atoms with Crippen LogP contribution in [0.5, 0.6) is 0 Å². The average molecular weight is 161 g/mol. The van der Waals surface area contributed by atoms with E-state index >= 15 is 0 Å². The third-order valence-electron chi connectivity index (χ3n) is 1.74. The largest absolute Gasteiger partial charge is 0.396 e. The van der Waals surface area contributed by atoms with Crippen molar-refractivity contribution in [1.82, 2.24) is 4.90 Å². The van der Waals surface area contributed by atoms with Gasteiger partial charge in [0.1, 0.15) is 0 Å². The molecule has 0 aromatic carbocycles. The predicted molar refractivity (Wildman–Crippen MR) is 45.5 cm³/mol. The summed E-state index contributed by atoms with van der Waals surface area (Å²) in [5.41, 5.74) is 0. The summed E-state index contributed by atoms with van der Waals surface area (Å²) >= 11 is 2.03. The third kappa shape index (κ3) is 2.90. The van der Waals surface area contributed by atoms with Gasteiger partial charge in [0.05, 0.1) is 0 Å². The Morgan fingerprint density at radius 1 is 1.30 bits per heavy atom. The van der Waals surface area contributed by atoms with Crippen LogP contribution >= 0.6 is 11.8 Å². The summed E-state index contributed by atoms with van der Waals surface area (Å²) in [6.45, 7) is 3.84. The fraction of sp³-hybridized carbons (Fsp3) is 1.00. The topological polar surface area (TPSA) is 23.5 Å². The van der Waals surface area contributed by atoms with Gasteiger partial charge >= 0.3 is 0 Å². The van der Waals surface area contributed by atoms with Crippen molar-refractivity contribution in [2.45, 2.75) is 6.42 Å². The monoisotopic (exact) mass is 161 g/mol. The molecule has 2 nitrogen and oxygen atoms in total. The lowest BCUT2D eigenvalue weighted by atomic mass is 10.4. The van der Waals surface area contributed by atoms with Crippen LogP contribution in [0.25, 0.3) is 0 Å². The summed E-state index contributed by atoms with van der Waals surface area (Å²) in [6.07, 6.45) is 0.935. The Morgan fingerprint density at radius 2 is 2.00 bits per heavy atom. The van der Waals surface area contributed by atoms with Gasteiger partial charge in [0.2, 0.25) is 0 Å². The number of nitrogens with zero attached hydrogens (tertiary/aromatic N) is 1. The van der Waals surface area contributed by atoms with Crippen LogP contribution in [-0.2, 0) is 0 Å². The van der Waals surface area contributed by atoms with Crippen molar-refractivity contribution in [2.75, 3.05) is 37.7 Å². The van der Waals surface area contributed by atoms with Crippen molar-refractivity contribution >= 4 is 11.8 Å². The number of hydrogen-bond donors (Lipinski definition) is 1. The van der Waals surface area contributed by atoms with Gasteiger partial charge in [-0.25, -0.2) is 0 Å². The highest BCUT2D eigenvalue weighted by molar-refractivity contribution is 7.99. The second kappa shape index (κ2) is 4.99. The van der Waals surface area contributed by atoms with Gasteiger partial charge < -0.3 is 10.0 Å². The predicted octanol–water partition coefficient (Wildman–Crippen LogP) is 0.418. The Hall–Kier alpha value is 0.270. The lowest BCUT2D eigenvalue weighted by Crippen LogP contribution is -2.33. The molecule has 0 aliphatic carbocycles. The zero-order chi connectivity index (χ0) is 7.23. The summed E-state index contributed by atoms with van der Waals surface area (Å²) in [6, 6.07) is 0. The first-order valence-corrected chi connectivity index (χ1v) is 5.00. The molecule has 1 heterocycles. The summed E-state index contributed by atoms with van der Waals surface area (Å²) in [5.74, 6) is 2.54. The standard InChI is InChI=1S/C7H15NOS/c9-5-1-2-8-3-6-10-7-4-8/h9H,1-7H2. The van der Waals surface area contributed by atoms with E-state index in [1.165, 1.54) is 24.6 Å². The van der Waals surface area contributed by atoms with Gasteiger partial charge in [0, 0.05) is 37.7 Å². The minimum atomic E-state index is 0.337. The first-order valence-electron chi connectivity index (χ1n) is 3.84. The maximum absolute atomic E-state index is 8.57. The maximum atomic E-state index is 8.57. The minimum Gasteiger partial charge on any atom is -0.396 e. The molecule has 0 saturated carbocycles. The van der Waals surface area contributed by atoms with Crippen molar-refractivity contribution in [2.24, 2.45) is 0 Å². The molecule has 0 spiro atoms. The van der Waals surface area contributed by atoms with E-state index in [-0.39, 0.29) is 0 Å². The van der Waals surface area contributed by atoms with E-state index in [1.807, 2.05) is 11.8 Å². The molecule has 0 aromatic rings. The fourth-order valence-corrected chi connectivity index (χ4v) is 2.10. The second-order valence-corrected chi connectivity index (χ2v) is 3.76. The van der Waals surface area contributed by atoms with Crippen LogP contribution in [0.2, 0.25) is 0 Å². The Balaban J connectivity index is 2.02. The summed E-state index contributed by atoms with van der Waals surface area (Å²) < 4.78 is 0. The van der Waals surface area contributed by atoms with Gasteiger partial charge in [0.25, 0.3) is 0 Å². The molecule has 0 bridgehead atoms. The van der Waals surface area contributed by atoms with Crippen molar-refractivity contribution < 1.29 is 5.11 Å². The van der Waals surface area contributed by atoms with Crippen LogP contribution in [0.15, 0.2) is 0 Å². The SMILES string of the molecule is OCCCN1CCSCC1. The van der Waals surface area contributed by atoms with E-state index in [0.29, 0.717) is 6.61 Å². The molecule has 60 valence electrons. The highest BCUT2D eigenvalue weighted by Crippen LogP contribution is 2.08. The number of rotatable bonds is 3. The van der Waals surface area contributed by atoms with Gasteiger partial charge in [-0.1, -0.05) is 0 Å². The van der Waals surface area contributed by atoms with E-state index in [1.54, 1.807) is 0 Å². The zero-order valence-electron chi connectivity index (χ0n) is 6.25. The summed E-state index contributed by atoms with van der Waals surface area (Å²) in [7, 11) is 0. The maximum Gasteiger partial charge on any atom is 0.0443 e. The van der Waals surface area contributed by atoms with Crippen molar-refractivity contribution in [3.63, 3.8) is 0 Å². The van der Waals surface area contributed by atoms with E-state index in [4.69, 9.17) is 5.11 Å². The number of aliphatic hydroxyl groups is 1. The molecule has 1 fully saturated rings. The lowest BCUT2D eigenvalue weighted by molar-refractivity contribution is 0.236. The molecule has 1 aliphatic heterocycles. The molecular formula is C7H15NOS. The van der Waals surface area contributed by atoms with E-state index in [0.717, 1.165) is 13.0 Å². The van der Waals surface area contributed by atoms with Crippen LogP contribution < -0.4 is 0 Å². The molecule has 1 N–H and O–H groups in total. The number of aliphatic hydroxyl groups excluding tert-OH is 1. The minimum absolute atomic E-state index is 0.337. The number of thioether (sulfide) groups is 1. The molecule has 0 aromatic heterocycles. The van der Waals surface area contributed by atoms with Crippen LogP contribution in [0.1, 0.15) is 6.42 Å². The average Bonchev–Trinajstić information content (AvgIpc) is 2.03.